The van der Waals surface area contributed by atoms with Crippen LogP contribution < -0.4 is 0 Å². The van der Waals surface area contributed by atoms with Crippen LogP contribution in [0.1, 0.15) is 30.5 Å². The molecule has 0 spiro atoms. The van der Waals surface area contributed by atoms with Gasteiger partial charge in [0.05, 0.1) is 34.1 Å². The predicted molar refractivity (Wildman–Crippen MR) is 223 cm³/mol. The minimum Gasteiger partial charge on any atom is -0.309 e. The summed E-state index contributed by atoms with van der Waals surface area (Å²) in [6.45, 7) is 4.68. The third-order valence-electron chi connectivity index (χ3n) is 11.2. The summed E-state index contributed by atoms with van der Waals surface area (Å²) in [7, 11) is 0. The highest BCUT2D eigenvalue weighted by molar-refractivity contribution is 6.18. The molecule has 0 N–H and O–H groups in total. The molecule has 3 nitrogen and oxygen atoms in total. The Morgan fingerprint density at radius 3 is 1.94 bits per heavy atom. The maximum Gasteiger partial charge on any atom is 0.0991 e. The van der Waals surface area contributed by atoms with E-state index in [-0.39, 0.29) is 5.41 Å². The highest BCUT2D eigenvalue weighted by Gasteiger charge is 2.37. The lowest BCUT2D eigenvalue weighted by Gasteiger charge is -2.21. The van der Waals surface area contributed by atoms with Crippen LogP contribution in [0.3, 0.4) is 0 Å². The van der Waals surface area contributed by atoms with Crippen molar-refractivity contribution in [2.24, 2.45) is 0 Å². The van der Waals surface area contributed by atoms with Gasteiger partial charge in [-0.3, -0.25) is 0 Å². The van der Waals surface area contributed by atoms with Gasteiger partial charge in [0.1, 0.15) is 0 Å². The second-order valence-corrected chi connectivity index (χ2v) is 14.7. The molecule has 9 aromatic rings. The molecule has 1 aliphatic rings. The van der Waals surface area contributed by atoms with Crippen LogP contribution in [0.2, 0.25) is 0 Å². The molecule has 0 aliphatic heterocycles. The Kier molecular flexibility index (Phi) is 7.22. The monoisotopic (exact) mass is 689 g/mol. The Balaban J connectivity index is 1.28. The summed E-state index contributed by atoms with van der Waals surface area (Å²) >= 11 is 0. The van der Waals surface area contributed by atoms with E-state index in [4.69, 9.17) is 4.98 Å². The standard InChI is InChI=1S/C51H35N3/c1-51(2)43-22-11-9-20-41(43)49-44(51)24-25-48-50(49)42-21-10-12-23-47(42)54(48)40-28-37(36-19-13-14-33(26-36)32-52)27-39(29-40)46-31-38(34-15-5-3-6-16-34)30-45(53-46)35-17-7-4-8-18-35/h3-31H,1-2H3. The first kappa shape index (κ1) is 31.7. The fourth-order valence-electron chi connectivity index (χ4n) is 8.59. The number of aromatic nitrogens is 2. The Bertz CT molecular complexity index is 2900. The number of fused-ring (bicyclic) bond motifs is 7. The molecular weight excluding hydrogens is 655 g/mol. The summed E-state index contributed by atoms with van der Waals surface area (Å²) in [5, 5.41) is 12.4. The van der Waals surface area contributed by atoms with Gasteiger partial charge in [-0.2, -0.15) is 5.26 Å². The Morgan fingerprint density at radius 2 is 1.15 bits per heavy atom. The van der Waals surface area contributed by atoms with Gasteiger partial charge in [-0.15, -0.1) is 0 Å². The first-order chi connectivity index (χ1) is 26.5. The highest BCUT2D eigenvalue weighted by Crippen LogP contribution is 2.53. The van der Waals surface area contributed by atoms with Crippen molar-refractivity contribution in [1.29, 1.82) is 5.26 Å². The summed E-state index contributed by atoms with van der Waals surface area (Å²) < 4.78 is 2.42. The van der Waals surface area contributed by atoms with E-state index in [2.05, 4.69) is 176 Å². The molecule has 0 amide bonds. The van der Waals surface area contributed by atoms with Gasteiger partial charge in [-0.1, -0.05) is 135 Å². The average Bonchev–Trinajstić information content (AvgIpc) is 3.69. The van der Waals surface area contributed by atoms with Crippen molar-refractivity contribution in [1.82, 2.24) is 9.55 Å². The lowest BCUT2D eigenvalue weighted by molar-refractivity contribution is 0.661. The van der Waals surface area contributed by atoms with Crippen molar-refractivity contribution in [2.45, 2.75) is 19.3 Å². The number of pyridine rings is 1. The van der Waals surface area contributed by atoms with Crippen molar-refractivity contribution < 1.29 is 0 Å². The molecule has 2 aromatic heterocycles. The second-order valence-electron chi connectivity index (χ2n) is 14.7. The molecule has 0 radical (unpaired) electrons. The zero-order valence-electron chi connectivity index (χ0n) is 30.1. The molecule has 2 heterocycles. The number of nitriles is 1. The molecule has 54 heavy (non-hydrogen) atoms. The van der Waals surface area contributed by atoms with Crippen LogP contribution in [0, 0.1) is 11.3 Å². The quantitative estimate of drug-likeness (QED) is 0.180. The smallest absolute Gasteiger partial charge is 0.0991 e. The second kappa shape index (κ2) is 12.3. The van der Waals surface area contributed by atoms with Crippen LogP contribution in [0.5, 0.6) is 0 Å². The number of para-hydroxylation sites is 1. The van der Waals surface area contributed by atoms with E-state index >= 15 is 0 Å². The maximum atomic E-state index is 9.88. The third kappa shape index (κ3) is 4.99. The van der Waals surface area contributed by atoms with Gasteiger partial charge in [-0.05, 0) is 99.1 Å². The number of nitrogens with zero attached hydrogens (tertiary/aromatic N) is 3. The SMILES string of the molecule is CC1(C)c2ccccc2-c2c1ccc1c2c2ccccc2n1-c1cc(-c2cccc(C#N)c2)cc(-c2cc(-c3ccccc3)cc(-c3ccccc3)n2)c1. The van der Waals surface area contributed by atoms with Gasteiger partial charge in [0.25, 0.3) is 0 Å². The van der Waals surface area contributed by atoms with Crippen LogP contribution in [-0.2, 0) is 5.41 Å². The van der Waals surface area contributed by atoms with Gasteiger partial charge in [0, 0.05) is 33.0 Å². The summed E-state index contributed by atoms with van der Waals surface area (Å²) in [4.78, 5) is 5.34. The molecule has 0 saturated heterocycles. The van der Waals surface area contributed by atoms with E-state index in [0.717, 1.165) is 61.5 Å². The Labute approximate surface area is 315 Å². The molecule has 0 fully saturated rings. The van der Waals surface area contributed by atoms with Gasteiger partial charge in [-0.25, -0.2) is 4.98 Å². The molecule has 0 saturated carbocycles. The van der Waals surface area contributed by atoms with Crippen molar-refractivity contribution in [2.75, 3.05) is 0 Å². The Morgan fingerprint density at radius 1 is 0.500 bits per heavy atom. The van der Waals surface area contributed by atoms with E-state index in [1.807, 2.05) is 24.3 Å². The molecule has 0 atom stereocenters. The first-order valence-corrected chi connectivity index (χ1v) is 18.4. The highest BCUT2D eigenvalue weighted by atomic mass is 15.0. The van der Waals surface area contributed by atoms with Crippen LogP contribution in [0.4, 0.5) is 0 Å². The van der Waals surface area contributed by atoms with Gasteiger partial charge >= 0.3 is 0 Å². The Hall–Kier alpha value is -7.02. The summed E-state index contributed by atoms with van der Waals surface area (Å²) in [6, 6.07) is 64.6. The number of hydrogen-bond donors (Lipinski definition) is 0. The zero-order valence-corrected chi connectivity index (χ0v) is 30.1. The van der Waals surface area contributed by atoms with Crippen LogP contribution >= 0.6 is 0 Å². The molecular formula is C51H35N3. The minimum atomic E-state index is -0.103. The molecule has 0 bridgehead atoms. The maximum absolute atomic E-state index is 9.88. The van der Waals surface area contributed by atoms with Crippen molar-refractivity contribution in [3.8, 4) is 67.7 Å². The first-order valence-electron chi connectivity index (χ1n) is 18.4. The summed E-state index contributed by atoms with van der Waals surface area (Å²) in [5.74, 6) is 0. The third-order valence-corrected chi connectivity index (χ3v) is 11.2. The lowest BCUT2D eigenvalue weighted by atomic mass is 9.82. The number of rotatable bonds is 5. The molecule has 1 aliphatic carbocycles. The molecule has 3 heteroatoms. The minimum absolute atomic E-state index is 0.103. The van der Waals surface area contributed by atoms with E-state index in [0.29, 0.717) is 5.56 Å². The fourth-order valence-corrected chi connectivity index (χ4v) is 8.59. The largest absolute Gasteiger partial charge is 0.309 e. The normalized spacial score (nSPS) is 12.8. The van der Waals surface area contributed by atoms with Crippen molar-refractivity contribution >= 4 is 21.8 Å². The molecule has 10 rings (SSSR count). The predicted octanol–water partition coefficient (Wildman–Crippen LogP) is 13.0. The van der Waals surface area contributed by atoms with Crippen molar-refractivity contribution in [3.63, 3.8) is 0 Å². The van der Waals surface area contributed by atoms with Crippen molar-refractivity contribution in [3.05, 3.63) is 193 Å². The van der Waals surface area contributed by atoms with E-state index in [9.17, 15) is 5.26 Å². The average molecular weight is 690 g/mol. The van der Waals surface area contributed by atoms with E-state index in [1.54, 1.807) is 0 Å². The van der Waals surface area contributed by atoms with Gasteiger partial charge < -0.3 is 4.57 Å². The lowest BCUT2D eigenvalue weighted by Crippen LogP contribution is -2.14. The topological polar surface area (TPSA) is 41.6 Å². The van der Waals surface area contributed by atoms with E-state index < -0.39 is 0 Å². The van der Waals surface area contributed by atoms with E-state index in [1.165, 1.54) is 33.0 Å². The fraction of sp³-hybridized carbons (Fsp3) is 0.0588. The van der Waals surface area contributed by atoms with Crippen LogP contribution in [-0.4, -0.2) is 9.55 Å². The molecule has 0 unspecified atom stereocenters. The molecule has 7 aromatic carbocycles. The molecule has 254 valence electrons. The van der Waals surface area contributed by atoms with Crippen LogP contribution in [0.25, 0.3) is 83.4 Å². The van der Waals surface area contributed by atoms with Gasteiger partial charge in [0.15, 0.2) is 0 Å². The zero-order chi connectivity index (χ0) is 36.4. The summed E-state index contributed by atoms with van der Waals surface area (Å²) in [6.07, 6.45) is 0. The summed E-state index contributed by atoms with van der Waals surface area (Å²) in [5.41, 5.74) is 17.3. The van der Waals surface area contributed by atoms with Crippen LogP contribution in [0.15, 0.2) is 176 Å². The number of hydrogen-bond acceptors (Lipinski definition) is 2. The number of benzene rings is 7. The van der Waals surface area contributed by atoms with Gasteiger partial charge in [0.2, 0.25) is 0 Å².